The van der Waals surface area contributed by atoms with Crippen molar-refractivity contribution in [2.75, 3.05) is 17.2 Å². The van der Waals surface area contributed by atoms with Crippen molar-refractivity contribution in [1.82, 2.24) is 0 Å². The van der Waals surface area contributed by atoms with Gasteiger partial charge in [-0.1, -0.05) is 15.9 Å². The van der Waals surface area contributed by atoms with E-state index in [2.05, 4.69) is 26.6 Å². The van der Waals surface area contributed by atoms with Crippen LogP contribution in [0.1, 0.15) is 12.5 Å². The van der Waals surface area contributed by atoms with Gasteiger partial charge in [0.1, 0.15) is 17.4 Å². The van der Waals surface area contributed by atoms with E-state index in [0.717, 1.165) is 21.5 Å². The smallest absolute Gasteiger partial charge is 0.267 e. The number of nitriles is 1. The molecule has 0 saturated carbocycles. The first-order valence-corrected chi connectivity index (χ1v) is 8.50. The molecule has 0 fully saturated rings. The minimum absolute atomic E-state index is 0.0174. The maximum atomic E-state index is 12.2. The highest BCUT2D eigenvalue weighted by Gasteiger charge is 2.09. The number of ether oxygens (including phenoxy) is 1. The molecule has 2 N–H and O–H groups in total. The molecule has 0 radical (unpaired) electrons. The van der Waals surface area contributed by atoms with Crippen LogP contribution in [0.3, 0.4) is 0 Å². The van der Waals surface area contributed by atoms with Crippen LogP contribution in [-0.2, 0) is 4.79 Å². The van der Waals surface area contributed by atoms with Gasteiger partial charge >= 0.3 is 0 Å². The number of nitrogens with one attached hydrogen (secondary N) is 2. The first kappa shape index (κ1) is 18.6. The zero-order valence-corrected chi connectivity index (χ0v) is 15.6. The lowest BCUT2D eigenvalue weighted by Gasteiger charge is -2.08. The quantitative estimate of drug-likeness (QED) is 0.549. The van der Waals surface area contributed by atoms with E-state index in [4.69, 9.17) is 4.74 Å². The summed E-state index contributed by atoms with van der Waals surface area (Å²) in [6.45, 7) is 4.42. The number of carbonyl (C=O) groups is 1. The van der Waals surface area contributed by atoms with Gasteiger partial charge in [-0.2, -0.15) is 5.26 Å². The SMILES string of the molecule is CCOc1ccc(NC(=O)/C(C#N)=C\Nc2ccc(Br)cc2C)cc1. The summed E-state index contributed by atoms with van der Waals surface area (Å²) in [5.41, 5.74) is 2.39. The van der Waals surface area contributed by atoms with E-state index in [0.29, 0.717) is 12.3 Å². The molecule has 5 nitrogen and oxygen atoms in total. The number of hydrogen-bond donors (Lipinski definition) is 2. The molecule has 0 saturated heterocycles. The summed E-state index contributed by atoms with van der Waals surface area (Å²) in [5.74, 6) is 0.248. The molecule has 6 heteroatoms. The molecule has 0 aliphatic heterocycles. The second kappa shape index (κ2) is 8.90. The number of amides is 1. The van der Waals surface area contributed by atoms with Gasteiger partial charge in [0.2, 0.25) is 0 Å². The van der Waals surface area contributed by atoms with Crippen LogP contribution in [0.5, 0.6) is 5.75 Å². The van der Waals surface area contributed by atoms with Gasteiger partial charge in [0.15, 0.2) is 0 Å². The maximum absolute atomic E-state index is 12.2. The summed E-state index contributed by atoms with van der Waals surface area (Å²) in [6.07, 6.45) is 1.40. The summed E-state index contributed by atoms with van der Waals surface area (Å²) in [6, 6.07) is 14.6. The molecular formula is C19H18BrN3O2. The minimum Gasteiger partial charge on any atom is -0.494 e. The van der Waals surface area contributed by atoms with Crippen LogP contribution >= 0.6 is 15.9 Å². The Labute approximate surface area is 155 Å². The molecule has 0 atom stereocenters. The van der Waals surface area contributed by atoms with Crippen molar-refractivity contribution in [2.45, 2.75) is 13.8 Å². The Kier molecular flexibility index (Phi) is 6.61. The van der Waals surface area contributed by atoms with Crippen LogP contribution in [0.2, 0.25) is 0 Å². The average Bonchev–Trinajstić information content (AvgIpc) is 2.59. The van der Waals surface area contributed by atoms with E-state index in [9.17, 15) is 10.1 Å². The highest BCUT2D eigenvalue weighted by atomic mass is 79.9. The molecule has 2 aromatic carbocycles. The van der Waals surface area contributed by atoms with Gasteiger partial charge in [-0.25, -0.2) is 0 Å². The van der Waals surface area contributed by atoms with Gasteiger partial charge in [-0.05, 0) is 61.9 Å². The molecule has 1 amide bonds. The molecule has 0 spiro atoms. The van der Waals surface area contributed by atoms with Gasteiger partial charge in [0, 0.05) is 22.0 Å². The highest BCUT2D eigenvalue weighted by Crippen LogP contribution is 2.20. The fourth-order valence-corrected chi connectivity index (χ4v) is 2.56. The number of hydrogen-bond acceptors (Lipinski definition) is 4. The molecule has 0 bridgehead atoms. The van der Waals surface area contributed by atoms with Crippen molar-refractivity contribution in [3.05, 3.63) is 64.3 Å². The van der Waals surface area contributed by atoms with Crippen molar-refractivity contribution in [1.29, 1.82) is 5.26 Å². The molecule has 0 unspecified atom stereocenters. The van der Waals surface area contributed by atoms with Crippen LogP contribution in [0.4, 0.5) is 11.4 Å². The summed E-state index contributed by atoms with van der Waals surface area (Å²) in [5, 5.41) is 14.9. The molecule has 25 heavy (non-hydrogen) atoms. The highest BCUT2D eigenvalue weighted by molar-refractivity contribution is 9.10. The number of rotatable bonds is 6. The summed E-state index contributed by atoms with van der Waals surface area (Å²) >= 11 is 3.40. The Hall–Kier alpha value is -2.78. The standard InChI is InChI=1S/C19H18BrN3O2/c1-3-25-17-7-5-16(6-8-17)23-19(24)14(11-21)12-22-18-9-4-15(20)10-13(18)2/h4-10,12,22H,3H2,1-2H3,(H,23,24)/b14-12-. The Morgan fingerprint density at radius 2 is 2.00 bits per heavy atom. The summed E-state index contributed by atoms with van der Waals surface area (Å²) in [4.78, 5) is 12.2. The average molecular weight is 400 g/mol. The number of aryl methyl sites for hydroxylation is 1. The number of nitrogens with zero attached hydrogens (tertiary/aromatic N) is 1. The molecule has 2 rings (SSSR count). The third kappa shape index (κ3) is 5.37. The van der Waals surface area contributed by atoms with Crippen LogP contribution < -0.4 is 15.4 Å². The second-order valence-electron chi connectivity index (χ2n) is 5.18. The number of carbonyl (C=O) groups excluding carboxylic acids is 1. The van der Waals surface area contributed by atoms with E-state index >= 15 is 0 Å². The fraction of sp³-hybridized carbons (Fsp3) is 0.158. The van der Waals surface area contributed by atoms with E-state index in [-0.39, 0.29) is 5.57 Å². The lowest BCUT2D eigenvalue weighted by Crippen LogP contribution is -2.14. The largest absolute Gasteiger partial charge is 0.494 e. The molecule has 0 heterocycles. The lowest BCUT2D eigenvalue weighted by molar-refractivity contribution is -0.112. The van der Waals surface area contributed by atoms with E-state index < -0.39 is 5.91 Å². The zero-order chi connectivity index (χ0) is 18.2. The van der Waals surface area contributed by atoms with Crippen molar-refractivity contribution < 1.29 is 9.53 Å². The molecule has 2 aromatic rings. The van der Waals surface area contributed by atoms with Crippen LogP contribution in [0, 0.1) is 18.3 Å². The van der Waals surface area contributed by atoms with Crippen molar-refractivity contribution in [3.63, 3.8) is 0 Å². The van der Waals surface area contributed by atoms with Gasteiger partial charge in [-0.15, -0.1) is 0 Å². The number of benzene rings is 2. The van der Waals surface area contributed by atoms with E-state index in [1.54, 1.807) is 24.3 Å². The third-order valence-electron chi connectivity index (χ3n) is 3.35. The zero-order valence-electron chi connectivity index (χ0n) is 14.0. The molecule has 0 aromatic heterocycles. The second-order valence-corrected chi connectivity index (χ2v) is 6.10. The van der Waals surface area contributed by atoms with Gasteiger partial charge in [0.05, 0.1) is 6.61 Å². The molecular weight excluding hydrogens is 382 g/mol. The Morgan fingerprint density at radius 1 is 1.28 bits per heavy atom. The Balaban J connectivity index is 2.06. The monoisotopic (exact) mass is 399 g/mol. The number of halogens is 1. The van der Waals surface area contributed by atoms with Crippen molar-refractivity contribution in [3.8, 4) is 11.8 Å². The van der Waals surface area contributed by atoms with Gasteiger partial charge in [0.25, 0.3) is 5.91 Å². The van der Waals surface area contributed by atoms with E-state index in [1.807, 2.05) is 38.1 Å². The predicted molar refractivity (Wildman–Crippen MR) is 102 cm³/mol. The predicted octanol–water partition coefficient (Wildman–Crippen LogP) is 4.61. The summed E-state index contributed by atoms with van der Waals surface area (Å²) < 4.78 is 6.32. The fourth-order valence-electron chi connectivity index (χ4n) is 2.09. The molecule has 0 aliphatic rings. The van der Waals surface area contributed by atoms with Crippen molar-refractivity contribution >= 4 is 33.2 Å². The minimum atomic E-state index is -0.478. The Bertz CT molecular complexity index is 824. The molecule has 0 aliphatic carbocycles. The van der Waals surface area contributed by atoms with E-state index in [1.165, 1.54) is 6.20 Å². The topological polar surface area (TPSA) is 74.1 Å². The normalized spacial score (nSPS) is 10.7. The lowest BCUT2D eigenvalue weighted by atomic mass is 10.2. The Morgan fingerprint density at radius 3 is 2.60 bits per heavy atom. The number of anilines is 2. The van der Waals surface area contributed by atoms with Crippen LogP contribution in [-0.4, -0.2) is 12.5 Å². The first-order chi connectivity index (χ1) is 12.0. The van der Waals surface area contributed by atoms with Crippen LogP contribution in [0.15, 0.2) is 58.7 Å². The first-order valence-electron chi connectivity index (χ1n) is 7.70. The maximum Gasteiger partial charge on any atom is 0.267 e. The van der Waals surface area contributed by atoms with Gasteiger partial charge in [-0.3, -0.25) is 4.79 Å². The van der Waals surface area contributed by atoms with Crippen molar-refractivity contribution in [2.24, 2.45) is 0 Å². The third-order valence-corrected chi connectivity index (χ3v) is 3.84. The molecule has 128 valence electrons. The summed E-state index contributed by atoms with van der Waals surface area (Å²) in [7, 11) is 0. The van der Waals surface area contributed by atoms with Gasteiger partial charge < -0.3 is 15.4 Å². The van der Waals surface area contributed by atoms with Crippen LogP contribution in [0.25, 0.3) is 0 Å².